The Morgan fingerprint density at radius 1 is 1.36 bits per heavy atom. The second-order valence-corrected chi connectivity index (χ2v) is 5.24. The van der Waals surface area contributed by atoms with E-state index in [2.05, 4.69) is 25.4 Å². The van der Waals surface area contributed by atoms with E-state index >= 15 is 0 Å². The molecule has 0 rings (SSSR count). The summed E-state index contributed by atoms with van der Waals surface area (Å²) in [6, 6.07) is 0. The fourth-order valence-corrected chi connectivity index (χ4v) is 2.11. The summed E-state index contributed by atoms with van der Waals surface area (Å²) in [5, 5.41) is 3.02. The maximum Gasteiger partial charge on any atom is 0.222 e. The predicted molar refractivity (Wildman–Crippen MR) is 64.7 cm³/mol. The predicted octanol–water partition coefficient (Wildman–Crippen LogP) is 2.68. The summed E-state index contributed by atoms with van der Waals surface area (Å²) in [4.78, 5) is 11.4. The van der Waals surface area contributed by atoms with Crippen molar-refractivity contribution in [3.63, 3.8) is 0 Å². The van der Waals surface area contributed by atoms with Gasteiger partial charge in [0, 0.05) is 17.2 Å². The van der Waals surface area contributed by atoms with E-state index in [4.69, 9.17) is 0 Å². The van der Waals surface area contributed by atoms with Crippen LogP contribution in [0.1, 0.15) is 40.5 Å². The molecule has 1 amide bonds. The van der Waals surface area contributed by atoms with Crippen molar-refractivity contribution in [3.05, 3.63) is 0 Å². The highest BCUT2D eigenvalue weighted by Gasteiger charge is 2.25. The molecule has 1 N–H and O–H groups in total. The van der Waals surface area contributed by atoms with E-state index in [0.29, 0.717) is 0 Å². The Hall–Kier alpha value is -0.180. The molecule has 3 heteroatoms. The number of amides is 1. The Balaban J connectivity index is 4.12. The molecule has 0 bridgehead atoms. The van der Waals surface area contributed by atoms with Crippen LogP contribution in [-0.4, -0.2) is 23.5 Å². The summed E-state index contributed by atoms with van der Waals surface area (Å²) in [7, 11) is 0. The molecule has 0 aromatic carbocycles. The largest absolute Gasteiger partial charge is 0.354 e. The molecule has 0 radical (unpaired) electrons. The van der Waals surface area contributed by atoms with Crippen molar-refractivity contribution in [2.45, 2.75) is 45.3 Å². The van der Waals surface area contributed by atoms with Crippen LogP contribution in [0.3, 0.4) is 0 Å². The maximum atomic E-state index is 11.4. The minimum atomic E-state index is 0.0864. The normalized spacial score (nSPS) is 11.9. The minimum absolute atomic E-state index is 0.0864. The number of rotatable bonds is 6. The number of hydrogen-bond acceptors (Lipinski definition) is 2. The molecule has 14 heavy (non-hydrogen) atoms. The first-order valence-electron chi connectivity index (χ1n) is 5.34. The molecule has 0 aliphatic carbocycles. The van der Waals surface area contributed by atoms with Crippen LogP contribution in [-0.2, 0) is 4.79 Å². The molecule has 0 aliphatic rings. The Morgan fingerprint density at radius 3 is 2.14 bits per heavy atom. The Labute approximate surface area is 92.2 Å². The Morgan fingerprint density at radius 2 is 1.86 bits per heavy atom. The van der Waals surface area contributed by atoms with Crippen molar-refractivity contribution in [1.29, 1.82) is 0 Å². The average Bonchev–Trinajstić information content (AvgIpc) is 2.20. The number of carbonyl (C=O) groups is 1. The van der Waals surface area contributed by atoms with Crippen molar-refractivity contribution >= 4 is 17.7 Å². The Kier molecular flexibility index (Phi) is 6.25. The lowest BCUT2D eigenvalue weighted by Crippen LogP contribution is -2.41. The highest BCUT2D eigenvalue weighted by Crippen LogP contribution is 2.29. The molecule has 0 saturated heterocycles. The van der Waals surface area contributed by atoms with E-state index in [9.17, 15) is 4.79 Å². The number of carbonyl (C=O) groups excluding carboxylic acids is 1. The van der Waals surface area contributed by atoms with Gasteiger partial charge in [-0.1, -0.05) is 27.7 Å². The summed E-state index contributed by atoms with van der Waals surface area (Å²) in [5.41, 5.74) is 0. The Bertz CT molecular complexity index is 168. The molecule has 2 nitrogen and oxygen atoms in total. The van der Waals surface area contributed by atoms with Crippen molar-refractivity contribution in [3.8, 4) is 0 Å². The molecule has 84 valence electrons. The van der Waals surface area contributed by atoms with Crippen molar-refractivity contribution < 1.29 is 4.79 Å². The van der Waals surface area contributed by atoms with Gasteiger partial charge < -0.3 is 5.32 Å². The van der Waals surface area contributed by atoms with E-state index in [1.54, 1.807) is 0 Å². The average molecular weight is 217 g/mol. The van der Waals surface area contributed by atoms with Crippen LogP contribution in [0.4, 0.5) is 0 Å². The smallest absolute Gasteiger partial charge is 0.222 e. The van der Waals surface area contributed by atoms with Gasteiger partial charge in [0.25, 0.3) is 0 Å². The van der Waals surface area contributed by atoms with Crippen LogP contribution in [0.25, 0.3) is 0 Å². The number of thioether (sulfide) groups is 1. The van der Waals surface area contributed by atoms with Gasteiger partial charge in [0.05, 0.1) is 0 Å². The summed E-state index contributed by atoms with van der Waals surface area (Å²) in [5.74, 6) is 0.244. The third-order valence-corrected chi connectivity index (χ3v) is 4.42. The van der Waals surface area contributed by atoms with Gasteiger partial charge in [0.15, 0.2) is 0 Å². The van der Waals surface area contributed by atoms with Crippen molar-refractivity contribution in [2.24, 2.45) is 5.92 Å². The molecule has 0 aromatic rings. The molecule has 0 unspecified atom stereocenters. The fourth-order valence-electron chi connectivity index (χ4n) is 1.31. The van der Waals surface area contributed by atoms with Gasteiger partial charge in [-0.2, -0.15) is 11.8 Å². The van der Waals surface area contributed by atoms with Gasteiger partial charge in [0.2, 0.25) is 5.91 Å². The molecular weight excluding hydrogens is 194 g/mol. The zero-order valence-corrected chi connectivity index (χ0v) is 10.8. The summed E-state index contributed by atoms with van der Waals surface area (Å²) >= 11 is 1.86. The summed E-state index contributed by atoms with van der Waals surface area (Å²) < 4.78 is 0.227. The second kappa shape index (κ2) is 6.33. The van der Waals surface area contributed by atoms with E-state index in [-0.39, 0.29) is 16.6 Å². The van der Waals surface area contributed by atoms with Crippen LogP contribution in [0, 0.1) is 5.92 Å². The van der Waals surface area contributed by atoms with Crippen LogP contribution < -0.4 is 5.32 Å². The second-order valence-electron chi connectivity index (χ2n) is 3.97. The first kappa shape index (κ1) is 13.8. The van der Waals surface area contributed by atoms with Gasteiger partial charge in [-0.3, -0.25) is 4.79 Å². The van der Waals surface area contributed by atoms with Crippen molar-refractivity contribution in [2.75, 3.05) is 12.8 Å². The monoisotopic (exact) mass is 217 g/mol. The molecule has 0 saturated carbocycles. The highest BCUT2D eigenvalue weighted by atomic mass is 32.2. The third-order valence-electron chi connectivity index (χ3n) is 2.83. The molecule has 0 aromatic heterocycles. The highest BCUT2D eigenvalue weighted by molar-refractivity contribution is 8.00. The number of nitrogens with one attached hydrogen (secondary N) is 1. The lowest BCUT2D eigenvalue weighted by Gasteiger charge is -2.30. The summed E-state index contributed by atoms with van der Waals surface area (Å²) in [6.45, 7) is 9.00. The molecule has 0 spiro atoms. The van der Waals surface area contributed by atoms with E-state index in [0.717, 1.165) is 19.4 Å². The zero-order valence-electron chi connectivity index (χ0n) is 10.0. The molecule has 0 heterocycles. The number of hydrogen-bond donors (Lipinski definition) is 1. The molecule has 0 aliphatic heterocycles. The van der Waals surface area contributed by atoms with Gasteiger partial charge in [-0.05, 0) is 19.1 Å². The van der Waals surface area contributed by atoms with Crippen molar-refractivity contribution in [1.82, 2.24) is 5.32 Å². The molecular formula is C11H23NOS. The lowest BCUT2D eigenvalue weighted by molar-refractivity contribution is -0.124. The van der Waals surface area contributed by atoms with Crippen LogP contribution in [0.15, 0.2) is 0 Å². The van der Waals surface area contributed by atoms with E-state index in [1.165, 1.54) is 0 Å². The van der Waals surface area contributed by atoms with Gasteiger partial charge in [-0.25, -0.2) is 0 Å². The van der Waals surface area contributed by atoms with E-state index < -0.39 is 0 Å². The molecule has 0 atom stereocenters. The van der Waals surface area contributed by atoms with Gasteiger partial charge >= 0.3 is 0 Å². The quantitative estimate of drug-likeness (QED) is 0.741. The third kappa shape index (κ3) is 3.91. The fraction of sp³-hybridized carbons (Fsp3) is 0.909. The standard InChI is InChI=1S/C11H23NOS/c1-6-11(7-2,14-5)8-12-10(13)9(3)4/h9H,6-8H2,1-5H3,(H,12,13). The molecule has 0 fully saturated rings. The lowest BCUT2D eigenvalue weighted by atomic mass is 10.0. The maximum absolute atomic E-state index is 11.4. The van der Waals surface area contributed by atoms with Gasteiger partial charge in [0.1, 0.15) is 0 Å². The summed E-state index contributed by atoms with van der Waals surface area (Å²) in [6.07, 6.45) is 4.32. The minimum Gasteiger partial charge on any atom is -0.354 e. The van der Waals surface area contributed by atoms with Crippen LogP contribution in [0.2, 0.25) is 0 Å². The van der Waals surface area contributed by atoms with Crippen LogP contribution >= 0.6 is 11.8 Å². The first-order valence-corrected chi connectivity index (χ1v) is 6.56. The first-order chi connectivity index (χ1) is 6.51. The zero-order chi connectivity index (χ0) is 11.2. The van der Waals surface area contributed by atoms with Gasteiger partial charge in [-0.15, -0.1) is 0 Å². The topological polar surface area (TPSA) is 29.1 Å². The van der Waals surface area contributed by atoms with Crippen LogP contribution in [0.5, 0.6) is 0 Å². The van der Waals surface area contributed by atoms with E-state index in [1.807, 2.05) is 25.6 Å². The SMILES string of the molecule is CCC(CC)(CNC(=O)C(C)C)SC.